The van der Waals surface area contributed by atoms with Crippen LogP contribution in [0, 0.1) is 35.0 Å². The molecule has 0 radical (unpaired) electrons. The normalized spacial score (nSPS) is 21.8. The van der Waals surface area contributed by atoms with E-state index in [4.69, 9.17) is 5.73 Å². The van der Waals surface area contributed by atoms with Crippen LogP contribution in [0.25, 0.3) is 0 Å². The van der Waals surface area contributed by atoms with Crippen molar-refractivity contribution >= 4 is 5.91 Å². The summed E-state index contributed by atoms with van der Waals surface area (Å²) in [4.78, 5) is 11.5. The van der Waals surface area contributed by atoms with Crippen LogP contribution in [0.4, 0.5) is 0 Å². The molecule has 1 aliphatic rings. The van der Waals surface area contributed by atoms with Crippen LogP contribution >= 0.6 is 0 Å². The number of rotatable bonds is 4. The van der Waals surface area contributed by atoms with Crippen molar-refractivity contribution in [3.05, 3.63) is 0 Å². The molecule has 19 heavy (non-hydrogen) atoms. The Morgan fingerprint density at radius 3 is 1.95 bits per heavy atom. The zero-order valence-electron chi connectivity index (χ0n) is 12.4. The number of amides is 1. The van der Waals surface area contributed by atoms with Crippen molar-refractivity contribution in [2.45, 2.75) is 65.2 Å². The summed E-state index contributed by atoms with van der Waals surface area (Å²) in [6.45, 7) is 4.23. The highest BCUT2D eigenvalue weighted by Gasteiger charge is 2.35. The molecule has 2 atom stereocenters. The Bertz CT molecular complexity index is 309. The number of hydrogen-bond acceptors (Lipinski definition) is 2. The Labute approximate surface area is 117 Å². The number of nitriles is 1. The molecule has 1 rings (SSSR count). The van der Waals surface area contributed by atoms with Crippen LogP contribution in [0.15, 0.2) is 0 Å². The largest absolute Gasteiger partial charge is 0.369 e. The van der Waals surface area contributed by atoms with Crippen molar-refractivity contribution in [3.63, 3.8) is 0 Å². The molecule has 3 nitrogen and oxygen atoms in total. The molecular formula is C16H28N2O. The highest BCUT2D eigenvalue weighted by atomic mass is 16.1. The molecule has 1 fully saturated rings. The monoisotopic (exact) mass is 264 g/mol. The summed E-state index contributed by atoms with van der Waals surface area (Å²) in [5.74, 6) is -0.120. The molecule has 0 aromatic heterocycles. The minimum absolute atomic E-state index is 0.126. The minimum atomic E-state index is -0.620. The van der Waals surface area contributed by atoms with E-state index in [0.29, 0.717) is 11.8 Å². The smallest absolute Gasteiger partial charge is 0.235 e. The maximum absolute atomic E-state index is 11.5. The van der Waals surface area contributed by atoms with E-state index in [1.54, 1.807) is 0 Å². The molecule has 1 amide bonds. The standard InChI is InChI=1S/C16H28N2O/c1-12(2)15(14(11-17)16(18)19)13-9-7-5-3-4-6-8-10-13/h12-15H,3-10H2,1-2H3,(H2,18,19). The molecular weight excluding hydrogens is 236 g/mol. The number of nitrogens with zero attached hydrogens (tertiary/aromatic N) is 1. The van der Waals surface area contributed by atoms with E-state index in [-0.39, 0.29) is 5.92 Å². The molecule has 0 aliphatic heterocycles. The molecule has 0 bridgehead atoms. The van der Waals surface area contributed by atoms with Crippen molar-refractivity contribution in [2.24, 2.45) is 29.4 Å². The Kier molecular flexibility index (Phi) is 6.91. The molecule has 1 saturated carbocycles. The summed E-state index contributed by atoms with van der Waals surface area (Å²) in [5, 5.41) is 9.28. The Morgan fingerprint density at radius 2 is 1.58 bits per heavy atom. The van der Waals surface area contributed by atoms with Gasteiger partial charge in [-0.15, -0.1) is 0 Å². The third kappa shape index (κ3) is 4.86. The number of hydrogen-bond donors (Lipinski definition) is 1. The van der Waals surface area contributed by atoms with E-state index < -0.39 is 11.8 Å². The second kappa shape index (κ2) is 8.19. The van der Waals surface area contributed by atoms with Gasteiger partial charge >= 0.3 is 0 Å². The van der Waals surface area contributed by atoms with Crippen molar-refractivity contribution in [3.8, 4) is 6.07 Å². The number of carbonyl (C=O) groups excluding carboxylic acids is 1. The molecule has 0 aromatic carbocycles. The van der Waals surface area contributed by atoms with Crippen molar-refractivity contribution in [1.82, 2.24) is 0 Å². The molecule has 108 valence electrons. The fourth-order valence-corrected chi connectivity index (χ4v) is 3.59. The lowest BCUT2D eigenvalue weighted by Crippen LogP contribution is -2.36. The van der Waals surface area contributed by atoms with Crippen LogP contribution < -0.4 is 5.73 Å². The van der Waals surface area contributed by atoms with Gasteiger partial charge in [0.25, 0.3) is 0 Å². The van der Waals surface area contributed by atoms with Crippen molar-refractivity contribution in [2.75, 3.05) is 0 Å². The van der Waals surface area contributed by atoms with Crippen molar-refractivity contribution < 1.29 is 4.79 Å². The third-order valence-corrected chi connectivity index (χ3v) is 4.54. The fourth-order valence-electron chi connectivity index (χ4n) is 3.59. The fraction of sp³-hybridized carbons (Fsp3) is 0.875. The third-order valence-electron chi connectivity index (χ3n) is 4.54. The molecule has 0 spiro atoms. The predicted molar refractivity (Wildman–Crippen MR) is 77.1 cm³/mol. The minimum Gasteiger partial charge on any atom is -0.369 e. The van der Waals surface area contributed by atoms with Gasteiger partial charge in [0.15, 0.2) is 0 Å². The van der Waals surface area contributed by atoms with Crippen LogP contribution in [0.3, 0.4) is 0 Å². The average Bonchev–Trinajstić information content (AvgIpc) is 2.48. The lowest BCUT2D eigenvalue weighted by molar-refractivity contribution is -0.122. The Hall–Kier alpha value is -1.04. The van der Waals surface area contributed by atoms with Gasteiger partial charge in [-0.05, 0) is 17.8 Å². The maximum atomic E-state index is 11.5. The molecule has 1 aliphatic carbocycles. The van der Waals surface area contributed by atoms with E-state index in [9.17, 15) is 10.1 Å². The molecule has 2 unspecified atom stereocenters. The summed E-state index contributed by atoms with van der Waals surface area (Å²) in [6, 6.07) is 2.16. The highest BCUT2D eigenvalue weighted by molar-refractivity contribution is 5.79. The SMILES string of the molecule is CC(C)C(C1CCCCCCCC1)C(C#N)C(N)=O. The van der Waals surface area contributed by atoms with Crippen LogP contribution in [0.1, 0.15) is 65.2 Å². The van der Waals surface area contributed by atoms with E-state index in [2.05, 4.69) is 19.9 Å². The number of nitrogens with two attached hydrogens (primary N) is 1. The van der Waals surface area contributed by atoms with Gasteiger partial charge in [-0.1, -0.05) is 65.2 Å². The Morgan fingerprint density at radius 1 is 1.11 bits per heavy atom. The van der Waals surface area contributed by atoms with E-state index in [1.807, 2.05) is 0 Å². The second-order valence-electron chi connectivity index (χ2n) is 6.29. The molecule has 0 aromatic rings. The molecule has 3 heteroatoms. The quantitative estimate of drug-likeness (QED) is 0.842. The van der Waals surface area contributed by atoms with Crippen LogP contribution in [0.5, 0.6) is 0 Å². The van der Waals surface area contributed by atoms with Crippen LogP contribution in [-0.2, 0) is 4.79 Å². The first-order valence-corrected chi connectivity index (χ1v) is 7.76. The van der Waals surface area contributed by atoms with Crippen LogP contribution in [-0.4, -0.2) is 5.91 Å². The van der Waals surface area contributed by atoms with E-state index in [0.717, 1.165) is 12.8 Å². The van der Waals surface area contributed by atoms with Gasteiger partial charge in [0.05, 0.1) is 6.07 Å². The zero-order valence-corrected chi connectivity index (χ0v) is 12.4. The zero-order chi connectivity index (χ0) is 14.3. The van der Waals surface area contributed by atoms with Gasteiger partial charge in [0.2, 0.25) is 5.91 Å². The van der Waals surface area contributed by atoms with Gasteiger partial charge in [-0.25, -0.2) is 0 Å². The van der Waals surface area contributed by atoms with Crippen molar-refractivity contribution in [1.29, 1.82) is 5.26 Å². The summed E-state index contributed by atoms with van der Waals surface area (Å²) >= 11 is 0. The van der Waals surface area contributed by atoms with Crippen LogP contribution in [0.2, 0.25) is 0 Å². The lowest BCUT2D eigenvalue weighted by Gasteiger charge is -2.32. The van der Waals surface area contributed by atoms with E-state index in [1.165, 1.54) is 38.5 Å². The topological polar surface area (TPSA) is 66.9 Å². The van der Waals surface area contributed by atoms with Gasteiger partial charge in [-0.2, -0.15) is 5.26 Å². The Balaban J connectivity index is 2.82. The molecule has 0 heterocycles. The first kappa shape index (κ1) is 16.0. The summed E-state index contributed by atoms with van der Waals surface area (Å²) in [7, 11) is 0. The van der Waals surface area contributed by atoms with Gasteiger partial charge in [-0.3, -0.25) is 4.79 Å². The predicted octanol–water partition coefficient (Wildman–Crippen LogP) is 3.63. The molecule has 0 saturated heterocycles. The number of carbonyl (C=O) groups is 1. The van der Waals surface area contributed by atoms with Gasteiger partial charge in [0, 0.05) is 0 Å². The maximum Gasteiger partial charge on any atom is 0.235 e. The van der Waals surface area contributed by atoms with E-state index >= 15 is 0 Å². The average molecular weight is 264 g/mol. The summed E-state index contributed by atoms with van der Waals surface area (Å²) in [6.07, 6.45) is 9.98. The summed E-state index contributed by atoms with van der Waals surface area (Å²) < 4.78 is 0. The second-order valence-corrected chi connectivity index (χ2v) is 6.29. The summed E-state index contributed by atoms with van der Waals surface area (Å²) in [5.41, 5.74) is 5.43. The molecule has 2 N–H and O–H groups in total. The lowest BCUT2D eigenvalue weighted by atomic mass is 9.71. The number of primary amides is 1. The first-order chi connectivity index (χ1) is 9.07. The highest BCUT2D eigenvalue weighted by Crippen LogP contribution is 2.36. The van der Waals surface area contributed by atoms with Gasteiger partial charge < -0.3 is 5.73 Å². The first-order valence-electron chi connectivity index (χ1n) is 7.76. The van der Waals surface area contributed by atoms with Gasteiger partial charge in [0.1, 0.15) is 5.92 Å².